The summed E-state index contributed by atoms with van der Waals surface area (Å²) in [4.78, 5) is 24.8. The predicted octanol–water partition coefficient (Wildman–Crippen LogP) is 2.59. The lowest BCUT2D eigenvalue weighted by Gasteiger charge is -2.32. The molecule has 0 atom stereocenters. The monoisotopic (exact) mass is 516 g/mol. The topological polar surface area (TPSA) is 82.1 Å². The number of ether oxygens (including phenoxy) is 1. The zero-order valence-electron chi connectivity index (χ0n) is 17.4. The van der Waals surface area contributed by atoms with Crippen LogP contribution in [0.5, 0.6) is 0 Å². The van der Waals surface area contributed by atoms with Crippen molar-refractivity contribution in [3.63, 3.8) is 0 Å². The van der Waals surface area contributed by atoms with E-state index in [1.165, 1.54) is 18.4 Å². The van der Waals surface area contributed by atoms with Crippen molar-refractivity contribution in [1.29, 1.82) is 0 Å². The first-order chi connectivity index (χ1) is 13.7. The van der Waals surface area contributed by atoms with Crippen molar-refractivity contribution >= 4 is 41.8 Å². The molecule has 1 aromatic heterocycles. The third kappa shape index (κ3) is 6.90. The quantitative estimate of drug-likeness (QED) is 0.356. The Kier molecular flexibility index (Phi) is 9.75. The fourth-order valence-electron chi connectivity index (χ4n) is 3.68. The van der Waals surface area contributed by atoms with E-state index in [2.05, 4.69) is 31.6 Å². The number of aromatic nitrogens is 1. The van der Waals surface area contributed by atoms with Gasteiger partial charge in [-0.3, -0.25) is 4.99 Å². The first-order valence-corrected chi connectivity index (χ1v) is 10.3. The number of rotatable bonds is 5. The highest BCUT2D eigenvalue weighted by Crippen LogP contribution is 2.18. The summed E-state index contributed by atoms with van der Waals surface area (Å²) >= 11 is 0. The molecule has 3 heterocycles. The van der Waals surface area contributed by atoms with Gasteiger partial charge < -0.3 is 25.2 Å². The number of hydrogen-bond acceptors (Lipinski definition) is 5. The van der Waals surface area contributed by atoms with Crippen molar-refractivity contribution in [1.82, 2.24) is 20.5 Å². The van der Waals surface area contributed by atoms with Crippen LogP contribution in [0.3, 0.4) is 0 Å². The second-order valence-corrected chi connectivity index (χ2v) is 7.25. The fraction of sp³-hybridized carbons (Fsp3) is 0.650. The molecule has 2 saturated heterocycles. The van der Waals surface area contributed by atoms with Crippen molar-refractivity contribution in [2.75, 3.05) is 44.7 Å². The number of carbonyl (C=O) groups is 1. The number of carbonyl (C=O) groups excluding carboxylic acids is 1. The molecule has 1 aromatic rings. The number of anilines is 1. The molecule has 2 fully saturated rings. The number of nitrogens with zero attached hydrogens (tertiary/aromatic N) is 4. The van der Waals surface area contributed by atoms with Crippen molar-refractivity contribution in [2.24, 2.45) is 4.99 Å². The van der Waals surface area contributed by atoms with Crippen LogP contribution >= 0.6 is 24.0 Å². The van der Waals surface area contributed by atoms with E-state index in [-0.39, 0.29) is 30.1 Å². The van der Waals surface area contributed by atoms with Gasteiger partial charge in [-0.2, -0.15) is 0 Å². The van der Waals surface area contributed by atoms with E-state index in [9.17, 15) is 4.79 Å². The van der Waals surface area contributed by atoms with E-state index in [4.69, 9.17) is 4.74 Å². The number of hydrogen-bond donors (Lipinski definition) is 2. The van der Waals surface area contributed by atoms with Gasteiger partial charge >= 0.3 is 6.09 Å². The summed E-state index contributed by atoms with van der Waals surface area (Å²) in [6.07, 6.45) is 5.93. The smallest absolute Gasteiger partial charge is 0.409 e. The fourth-order valence-corrected chi connectivity index (χ4v) is 3.68. The lowest BCUT2D eigenvalue weighted by atomic mass is 10.1. The van der Waals surface area contributed by atoms with Gasteiger partial charge in [0.25, 0.3) is 0 Å². The van der Waals surface area contributed by atoms with Crippen LogP contribution in [0.4, 0.5) is 10.6 Å². The third-order valence-corrected chi connectivity index (χ3v) is 5.29. The van der Waals surface area contributed by atoms with E-state index in [0.29, 0.717) is 32.3 Å². The van der Waals surface area contributed by atoms with Crippen LogP contribution in [0.2, 0.25) is 0 Å². The molecule has 1 amide bonds. The van der Waals surface area contributed by atoms with Crippen LogP contribution in [-0.2, 0) is 11.3 Å². The summed E-state index contributed by atoms with van der Waals surface area (Å²) in [7, 11) is 1.78. The Morgan fingerprint density at radius 3 is 2.66 bits per heavy atom. The normalized spacial score (nSPS) is 17.7. The average Bonchev–Trinajstić information content (AvgIpc) is 3.27. The molecule has 0 spiro atoms. The van der Waals surface area contributed by atoms with Gasteiger partial charge in [0, 0.05) is 52.0 Å². The second kappa shape index (κ2) is 12.0. The number of amides is 1. The second-order valence-electron chi connectivity index (χ2n) is 7.25. The largest absolute Gasteiger partial charge is 0.450 e. The maximum absolute atomic E-state index is 11.8. The van der Waals surface area contributed by atoms with E-state index < -0.39 is 0 Å². The molecule has 0 saturated carbocycles. The van der Waals surface area contributed by atoms with E-state index in [0.717, 1.165) is 37.7 Å². The molecule has 0 unspecified atom stereocenters. The van der Waals surface area contributed by atoms with E-state index in [1.807, 2.05) is 19.2 Å². The number of aliphatic imine (C=N–C) groups is 1. The lowest BCUT2D eigenvalue weighted by molar-refractivity contribution is 0.0963. The van der Waals surface area contributed by atoms with Gasteiger partial charge in [0.05, 0.1) is 6.61 Å². The molecule has 2 aliphatic rings. The summed E-state index contributed by atoms with van der Waals surface area (Å²) in [5.41, 5.74) is 1.19. The maximum atomic E-state index is 11.8. The van der Waals surface area contributed by atoms with Crippen molar-refractivity contribution in [3.05, 3.63) is 23.9 Å². The molecule has 3 rings (SSSR count). The number of halogens is 1. The first kappa shape index (κ1) is 23.5. The number of piperidine rings is 1. The van der Waals surface area contributed by atoms with E-state index >= 15 is 0 Å². The minimum Gasteiger partial charge on any atom is -0.450 e. The minimum atomic E-state index is -0.213. The van der Waals surface area contributed by atoms with Gasteiger partial charge in [0.1, 0.15) is 5.82 Å². The minimum absolute atomic E-state index is 0. The van der Waals surface area contributed by atoms with Crippen molar-refractivity contribution in [3.8, 4) is 0 Å². The molecular weight excluding hydrogens is 483 g/mol. The third-order valence-electron chi connectivity index (χ3n) is 5.29. The highest BCUT2D eigenvalue weighted by atomic mass is 127. The lowest BCUT2D eigenvalue weighted by Crippen LogP contribution is -2.49. The van der Waals surface area contributed by atoms with Gasteiger partial charge in [-0.1, -0.05) is 0 Å². The number of guanidine groups is 1. The molecule has 0 radical (unpaired) electrons. The highest BCUT2D eigenvalue weighted by molar-refractivity contribution is 14.0. The zero-order chi connectivity index (χ0) is 19.8. The molecule has 0 aromatic carbocycles. The van der Waals surface area contributed by atoms with Crippen molar-refractivity contribution < 1.29 is 9.53 Å². The van der Waals surface area contributed by atoms with Crippen LogP contribution in [-0.4, -0.2) is 67.8 Å². The van der Waals surface area contributed by atoms with Crippen LogP contribution in [0.1, 0.15) is 38.2 Å². The molecule has 162 valence electrons. The summed E-state index contributed by atoms with van der Waals surface area (Å²) in [6.45, 7) is 6.55. The first-order valence-electron chi connectivity index (χ1n) is 10.3. The summed E-state index contributed by atoms with van der Waals surface area (Å²) in [5.74, 6) is 1.85. The molecule has 29 heavy (non-hydrogen) atoms. The van der Waals surface area contributed by atoms with E-state index in [1.54, 1.807) is 11.9 Å². The Labute approximate surface area is 190 Å². The van der Waals surface area contributed by atoms with Gasteiger partial charge in [0.15, 0.2) is 5.96 Å². The summed E-state index contributed by atoms with van der Waals surface area (Å²) in [5, 5.41) is 6.86. The Balaban J connectivity index is 0.00000300. The molecule has 0 bridgehead atoms. The zero-order valence-corrected chi connectivity index (χ0v) is 19.7. The molecule has 2 aliphatic heterocycles. The Morgan fingerprint density at radius 1 is 1.28 bits per heavy atom. The number of pyridine rings is 1. The molecule has 0 aliphatic carbocycles. The van der Waals surface area contributed by atoms with Crippen molar-refractivity contribution in [2.45, 2.75) is 45.2 Å². The molecular formula is C20H33IN6O2. The highest BCUT2D eigenvalue weighted by Gasteiger charge is 2.24. The predicted molar refractivity (Wildman–Crippen MR) is 126 cm³/mol. The van der Waals surface area contributed by atoms with Crippen LogP contribution in [0.25, 0.3) is 0 Å². The molecule has 2 N–H and O–H groups in total. The van der Waals surface area contributed by atoms with Gasteiger partial charge in [0.2, 0.25) is 0 Å². The number of nitrogens with one attached hydrogen (secondary N) is 2. The SMILES string of the molecule is CCOC(=O)N1CCC(NC(=NC)NCc2ccnc(N3CCCC3)c2)CC1.I. The maximum Gasteiger partial charge on any atom is 0.409 e. The average molecular weight is 516 g/mol. The van der Waals surface area contributed by atoms with Crippen LogP contribution < -0.4 is 15.5 Å². The molecule has 9 heteroatoms. The Morgan fingerprint density at radius 2 is 2.00 bits per heavy atom. The van der Waals surface area contributed by atoms with Gasteiger partial charge in [-0.25, -0.2) is 9.78 Å². The van der Waals surface area contributed by atoms with Gasteiger partial charge in [-0.05, 0) is 50.3 Å². The van der Waals surface area contributed by atoms with Gasteiger partial charge in [-0.15, -0.1) is 24.0 Å². The van der Waals surface area contributed by atoms with Crippen LogP contribution in [0, 0.1) is 0 Å². The Bertz CT molecular complexity index is 673. The Hall–Kier alpha value is -1.78. The summed E-state index contributed by atoms with van der Waals surface area (Å²) in [6, 6.07) is 4.50. The number of likely N-dealkylation sites (tertiary alicyclic amines) is 1. The molecule has 8 nitrogen and oxygen atoms in total. The van der Waals surface area contributed by atoms with Crippen LogP contribution in [0.15, 0.2) is 23.3 Å². The standard InChI is InChI=1S/C20H32N6O2.HI/c1-3-28-20(27)26-12-7-17(8-13-26)24-19(21-2)23-15-16-6-9-22-18(14-16)25-10-4-5-11-25;/h6,9,14,17H,3-5,7-8,10-13,15H2,1-2H3,(H2,21,23,24);1H. The summed E-state index contributed by atoms with van der Waals surface area (Å²) < 4.78 is 5.07.